The lowest BCUT2D eigenvalue weighted by Gasteiger charge is -2.36. The maximum Gasteiger partial charge on any atom is 0.341 e. The molecule has 0 spiro atoms. The third kappa shape index (κ3) is 4.33. The predicted octanol–water partition coefficient (Wildman–Crippen LogP) is 3.90. The fraction of sp³-hybridized carbons (Fsp3) is 0.583. The van der Waals surface area contributed by atoms with Gasteiger partial charge in [0, 0.05) is 49.4 Å². The number of aromatic nitrogens is 1. The average Bonchev–Trinajstić information content (AvgIpc) is 3.52. The van der Waals surface area contributed by atoms with E-state index in [9.17, 15) is 14.7 Å². The fourth-order valence-corrected chi connectivity index (χ4v) is 4.46. The Morgan fingerprint density at radius 1 is 1.19 bits per heavy atom. The van der Waals surface area contributed by atoms with E-state index in [2.05, 4.69) is 37.6 Å². The summed E-state index contributed by atoms with van der Waals surface area (Å²) in [6.45, 7) is 9.61. The van der Waals surface area contributed by atoms with E-state index >= 15 is 4.39 Å². The normalized spacial score (nSPS) is 18.0. The maximum atomic E-state index is 15.6. The van der Waals surface area contributed by atoms with Crippen molar-refractivity contribution in [2.75, 3.05) is 38.1 Å². The van der Waals surface area contributed by atoms with Gasteiger partial charge in [0.1, 0.15) is 11.4 Å². The predicted molar refractivity (Wildman–Crippen MR) is 121 cm³/mol. The van der Waals surface area contributed by atoms with Gasteiger partial charge in [0.25, 0.3) is 0 Å². The van der Waals surface area contributed by atoms with E-state index in [-0.39, 0.29) is 22.4 Å². The van der Waals surface area contributed by atoms with Crippen LogP contribution in [0.2, 0.25) is 0 Å². The molecule has 1 N–H and O–H groups in total. The van der Waals surface area contributed by atoms with Crippen molar-refractivity contribution in [3.8, 4) is 0 Å². The Hall–Kier alpha value is -2.41. The van der Waals surface area contributed by atoms with E-state index in [1.165, 1.54) is 12.3 Å². The van der Waals surface area contributed by atoms with Gasteiger partial charge in [0.05, 0.1) is 11.2 Å². The summed E-state index contributed by atoms with van der Waals surface area (Å²) < 4.78 is 17.5. The van der Waals surface area contributed by atoms with Gasteiger partial charge in [-0.2, -0.15) is 0 Å². The van der Waals surface area contributed by atoms with Crippen LogP contribution in [0.25, 0.3) is 10.9 Å². The van der Waals surface area contributed by atoms with Crippen molar-refractivity contribution < 1.29 is 14.3 Å². The van der Waals surface area contributed by atoms with Crippen molar-refractivity contribution in [3.05, 3.63) is 39.4 Å². The number of hydrogen-bond donors (Lipinski definition) is 1. The van der Waals surface area contributed by atoms with Crippen molar-refractivity contribution in [2.45, 2.75) is 52.5 Å². The van der Waals surface area contributed by atoms with Gasteiger partial charge in [-0.05, 0) is 44.2 Å². The van der Waals surface area contributed by atoms with Gasteiger partial charge in [0.15, 0.2) is 0 Å². The first-order valence-corrected chi connectivity index (χ1v) is 11.1. The molecular formula is C24H32FN3O3. The zero-order chi connectivity index (χ0) is 22.5. The van der Waals surface area contributed by atoms with Gasteiger partial charge < -0.3 is 19.5 Å². The molecule has 0 unspecified atom stereocenters. The fourth-order valence-electron chi connectivity index (χ4n) is 4.46. The average molecular weight is 430 g/mol. The molecule has 0 atom stereocenters. The lowest BCUT2D eigenvalue weighted by Crippen LogP contribution is -2.45. The molecule has 1 aromatic carbocycles. The van der Waals surface area contributed by atoms with Crippen molar-refractivity contribution in [3.63, 3.8) is 0 Å². The second-order valence-electron chi connectivity index (χ2n) is 10.2. The number of benzene rings is 1. The van der Waals surface area contributed by atoms with E-state index < -0.39 is 17.2 Å². The highest BCUT2D eigenvalue weighted by molar-refractivity contribution is 5.95. The topological polar surface area (TPSA) is 65.8 Å². The number of carbonyl (C=O) groups is 1. The number of halogens is 1. The summed E-state index contributed by atoms with van der Waals surface area (Å²) in [5.41, 5.74) is 1.31. The summed E-state index contributed by atoms with van der Waals surface area (Å²) in [5.74, 6) is -1.69. The molecule has 31 heavy (non-hydrogen) atoms. The van der Waals surface area contributed by atoms with Gasteiger partial charge in [-0.1, -0.05) is 20.8 Å². The highest BCUT2D eigenvalue weighted by atomic mass is 19.1. The van der Waals surface area contributed by atoms with Crippen LogP contribution in [-0.2, 0) is 6.42 Å². The molecule has 1 saturated heterocycles. The number of carboxylic acid groups (broad SMARTS) is 1. The number of pyridine rings is 1. The van der Waals surface area contributed by atoms with Crippen LogP contribution in [0, 0.1) is 11.2 Å². The third-order valence-corrected chi connectivity index (χ3v) is 6.45. The standard InChI is InChI=1S/C24H32FN3O3/c1-24(2,3)8-7-16-20-17(13-19(25)21(16)27-11-9-26(4)10-12-27)22(29)18(23(30)31)14-28(20)15-5-6-15/h13-15H,5-12H2,1-4H3,(H,30,31). The zero-order valence-corrected chi connectivity index (χ0v) is 18.9. The van der Waals surface area contributed by atoms with Gasteiger partial charge in [0.2, 0.25) is 5.43 Å². The minimum absolute atomic E-state index is 0.0454. The van der Waals surface area contributed by atoms with Crippen LogP contribution in [-0.4, -0.2) is 53.8 Å². The van der Waals surface area contributed by atoms with Crippen molar-refractivity contribution >= 4 is 22.6 Å². The Morgan fingerprint density at radius 3 is 2.39 bits per heavy atom. The zero-order valence-electron chi connectivity index (χ0n) is 18.9. The Kier molecular flexibility index (Phi) is 5.58. The number of rotatable bonds is 5. The second kappa shape index (κ2) is 7.93. The number of carboxylic acids is 1. The summed E-state index contributed by atoms with van der Waals surface area (Å²) in [7, 11) is 2.06. The number of piperazine rings is 1. The number of anilines is 1. The quantitative estimate of drug-likeness (QED) is 0.781. The number of aryl methyl sites for hydroxylation is 1. The summed E-state index contributed by atoms with van der Waals surface area (Å²) in [6.07, 6.45) is 4.84. The summed E-state index contributed by atoms with van der Waals surface area (Å²) in [5, 5.41) is 9.75. The van der Waals surface area contributed by atoms with E-state index in [1.54, 1.807) is 0 Å². The minimum atomic E-state index is -1.26. The van der Waals surface area contributed by atoms with E-state index in [4.69, 9.17) is 0 Å². The molecule has 2 fully saturated rings. The molecular weight excluding hydrogens is 397 g/mol. The molecule has 0 bridgehead atoms. The van der Waals surface area contributed by atoms with Crippen LogP contribution in [0.15, 0.2) is 17.1 Å². The molecule has 1 saturated carbocycles. The van der Waals surface area contributed by atoms with Crippen LogP contribution >= 0.6 is 0 Å². The summed E-state index contributed by atoms with van der Waals surface area (Å²) >= 11 is 0. The molecule has 0 radical (unpaired) electrons. The molecule has 4 rings (SSSR count). The molecule has 2 heterocycles. The molecule has 2 aliphatic rings. The third-order valence-electron chi connectivity index (χ3n) is 6.45. The van der Waals surface area contributed by atoms with Gasteiger partial charge in [-0.25, -0.2) is 9.18 Å². The van der Waals surface area contributed by atoms with E-state index in [0.717, 1.165) is 56.5 Å². The first-order valence-electron chi connectivity index (χ1n) is 11.1. The first-order chi connectivity index (χ1) is 14.6. The number of fused-ring (bicyclic) bond motifs is 1. The molecule has 0 amide bonds. The van der Waals surface area contributed by atoms with Crippen molar-refractivity contribution in [1.82, 2.24) is 9.47 Å². The lowest BCUT2D eigenvalue weighted by atomic mass is 9.87. The Labute approximate surface area is 182 Å². The van der Waals surface area contributed by atoms with Gasteiger partial charge in [-0.3, -0.25) is 4.79 Å². The second-order valence-corrected chi connectivity index (χ2v) is 10.2. The van der Waals surface area contributed by atoms with Gasteiger partial charge >= 0.3 is 5.97 Å². The minimum Gasteiger partial charge on any atom is -0.477 e. The summed E-state index contributed by atoms with van der Waals surface area (Å²) in [4.78, 5) is 29.1. The summed E-state index contributed by atoms with van der Waals surface area (Å²) in [6, 6.07) is 1.44. The monoisotopic (exact) mass is 429 g/mol. The SMILES string of the molecule is CN1CCN(c2c(F)cc3c(=O)c(C(=O)O)cn(C4CC4)c3c2CCC(C)(C)C)CC1. The smallest absolute Gasteiger partial charge is 0.341 e. The first kappa shape index (κ1) is 21.8. The Bertz CT molecular complexity index is 1070. The Balaban J connectivity index is 1.99. The number of likely N-dealkylation sites (N-methyl/N-ethyl adjacent to an activating group) is 1. The molecule has 1 aliphatic heterocycles. The highest BCUT2D eigenvalue weighted by Gasteiger charge is 2.31. The Morgan fingerprint density at radius 2 is 1.84 bits per heavy atom. The molecule has 1 aliphatic carbocycles. The van der Waals surface area contributed by atoms with Crippen LogP contribution in [0.5, 0.6) is 0 Å². The van der Waals surface area contributed by atoms with E-state index in [1.807, 2.05) is 4.57 Å². The number of nitrogens with zero attached hydrogens (tertiary/aromatic N) is 3. The van der Waals surface area contributed by atoms with Crippen molar-refractivity contribution in [2.24, 2.45) is 5.41 Å². The van der Waals surface area contributed by atoms with Gasteiger partial charge in [-0.15, -0.1) is 0 Å². The van der Waals surface area contributed by atoms with Crippen LogP contribution in [0.1, 0.15) is 62.0 Å². The maximum absolute atomic E-state index is 15.6. The van der Waals surface area contributed by atoms with Crippen LogP contribution < -0.4 is 10.3 Å². The van der Waals surface area contributed by atoms with Crippen LogP contribution in [0.3, 0.4) is 0 Å². The van der Waals surface area contributed by atoms with E-state index in [0.29, 0.717) is 12.1 Å². The van der Waals surface area contributed by atoms with Crippen LogP contribution in [0.4, 0.5) is 10.1 Å². The molecule has 1 aromatic heterocycles. The molecule has 2 aromatic rings. The molecule has 7 heteroatoms. The number of aromatic carboxylic acids is 1. The van der Waals surface area contributed by atoms with Crippen molar-refractivity contribution in [1.29, 1.82) is 0 Å². The lowest BCUT2D eigenvalue weighted by molar-refractivity contribution is 0.0695. The largest absolute Gasteiger partial charge is 0.477 e. The highest BCUT2D eigenvalue weighted by Crippen LogP contribution is 2.41. The number of hydrogen-bond acceptors (Lipinski definition) is 4. The molecule has 168 valence electrons. The molecule has 6 nitrogen and oxygen atoms in total.